The van der Waals surface area contributed by atoms with Gasteiger partial charge in [0.2, 0.25) is 0 Å². The van der Waals surface area contributed by atoms with Gasteiger partial charge in [0.1, 0.15) is 11.2 Å². The molecule has 144 valence electrons. The van der Waals surface area contributed by atoms with Gasteiger partial charge < -0.3 is 14.2 Å². The molecular formula is C22H26O5. The lowest BCUT2D eigenvalue weighted by molar-refractivity contribution is -0.0381. The third-order valence-electron chi connectivity index (χ3n) is 3.83. The van der Waals surface area contributed by atoms with E-state index in [1.54, 1.807) is 27.7 Å². The Morgan fingerprint density at radius 2 is 1.00 bits per heavy atom. The van der Waals surface area contributed by atoms with Crippen LogP contribution >= 0.6 is 0 Å². The first-order valence-electron chi connectivity index (χ1n) is 8.87. The van der Waals surface area contributed by atoms with Crippen molar-refractivity contribution in [2.75, 3.05) is 0 Å². The second-order valence-corrected chi connectivity index (χ2v) is 7.65. The molecule has 0 radical (unpaired) electrons. The molecule has 5 nitrogen and oxygen atoms in total. The van der Waals surface area contributed by atoms with E-state index in [1.807, 2.05) is 60.7 Å². The highest BCUT2D eigenvalue weighted by molar-refractivity contribution is 5.77. The van der Waals surface area contributed by atoms with Gasteiger partial charge in [-0.25, -0.2) is 9.59 Å². The van der Waals surface area contributed by atoms with E-state index in [1.165, 1.54) is 0 Å². The second kappa shape index (κ2) is 8.71. The number of hydrogen-bond donors (Lipinski definition) is 0. The second-order valence-electron chi connectivity index (χ2n) is 7.65. The summed E-state index contributed by atoms with van der Waals surface area (Å²) in [4.78, 5) is 23.9. The highest BCUT2D eigenvalue weighted by Gasteiger charge is 2.29. The molecule has 0 saturated heterocycles. The van der Waals surface area contributed by atoms with E-state index in [2.05, 4.69) is 4.74 Å². The Balaban J connectivity index is 1.84. The van der Waals surface area contributed by atoms with Gasteiger partial charge in [-0.15, -0.1) is 0 Å². The van der Waals surface area contributed by atoms with E-state index in [0.29, 0.717) is 12.8 Å². The van der Waals surface area contributed by atoms with Crippen LogP contribution in [0, 0.1) is 0 Å². The molecule has 5 heteroatoms. The van der Waals surface area contributed by atoms with Crippen LogP contribution in [0.4, 0.5) is 9.59 Å². The summed E-state index contributed by atoms with van der Waals surface area (Å²) in [7, 11) is 0. The molecular weight excluding hydrogens is 344 g/mol. The summed E-state index contributed by atoms with van der Waals surface area (Å²) in [6.45, 7) is 7.02. The number of carbonyl (C=O) groups excluding carboxylic acids is 2. The van der Waals surface area contributed by atoms with Gasteiger partial charge >= 0.3 is 12.3 Å². The average Bonchev–Trinajstić information content (AvgIpc) is 2.54. The van der Waals surface area contributed by atoms with Gasteiger partial charge in [0.05, 0.1) is 0 Å². The van der Waals surface area contributed by atoms with Crippen molar-refractivity contribution in [3.05, 3.63) is 71.8 Å². The quantitative estimate of drug-likeness (QED) is 0.509. The van der Waals surface area contributed by atoms with E-state index in [-0.39, 0.29) is 0 Å². The monoisotopic (exact) mass is 370 g/mol. The van der Waals surface area contributed by atoms with Gasteiger partial charge in [-0.3, -0.25) is 0 Å². The zero-order valence-corrected chi connectivity index (χ0v) is 16.2. The zero-order chi connectivity index (χ0) is 19.9. The van der Waals surface area contributed by atoms with Gasteiger partial charge in [-0.05, 0) is 38.8 Å². The third kappa shape index (κ3) is 7.52. The summed E-state index contributed by atoms with van der Waals surface area (Å²) >= 11 is 0. The first kappa shape index (κ1) is 20.5. The predicted molar refractivity (Wildman–Crippen MR) is 102 cm³/mol. The van der Waals surface area contributed by atoms with Crippen molar-refractivity contribution < 1.29 is 23.8 Å². The SMILES string of the molecule is CC(C)(Cc1ccccc1)OC(=O)OC(=O)OC(C)(C)Cc1ccccc1. The number of rotatable bonds is 6. The summed E-state index contributed by atoms with van der Waals surface area (Å²) in [6, 6.07) is 19.2. The summed E-state index contributed by atoms with van der Waals surface area (Å²) in [5.74, 6) is 0. The summed E-state index contributed by atoms with van der Waals surface area (Å²) in [6.07, 6.45) is -1.15. The molecule has 2 aromatic rings. The molecule has 0 aromatic heterocycles. The van der Waals surface area contributed by atoms with Crippen molar-refractivity contribution in [3.8, 4) is 0 Å². The Hall–Kier alpha value is -2.82. The van der Waals surface area contributed by atoms with Crippen LogP contribution in [0.15, 0.2) is 60.7 Å². The highest BCUT2D eigenvalue weighted by atomic mass is 16.8. The lowest BCUT2D eigenvalue weighted by Crippen LogP contribution is -2.35. The Kier molecular flexibility index (Phi) is 6.61. The molecule has 27 heavy (non-hydrogen) atoms. The van der Waals surface area contributed by atoms with Crippen molar-refractivity contribution in [1.29, 1.82) is 0 Å². The maximum absolute atomic E-state index is 12.0. The molecule has 0 N–H and O–H groups in total. The summed E-state index contributed by atoms with van der Waals surface area (Å²) in [5.41, 5.74) is 0.389. The first-order valence-corrected chi connectivity index (χ1v) is 8.87. The molecule has 0 aliphatic heterocycles. The van der Waals surface area contributed by atoms with Gasteiger partial charge in [0.15, 0.2) is 0 Å². The molecule has 0 aliphatic rings. The minimum Gasteiger partial charge on any atom is -0.427 e. The summed E-state index contributed by atoms with van der Waals surface area (Å²) < 4.78 is 15.2. The molecule has 0 bridgehead atoms. The molecule has 0 saturated carbocycles. The maximum Gasteiger partial charge on any atom is 0.519 e. The van der Waals surface area contributed by atoms with Gasteiger partial charge in [0.25, 0.3) is 0 Å². The van der Waals surface area contributed by atoms with Crippen LogP contribution in [0.2, 0.25) is 0 Å². The largest absolute Gasteiger partial charge is 0.519 e. The van der Waals surface area contributed by atoms with Crippen molar-refractivity contribution >= 4 is 12.3 Å². The number of hydrogen-bond acceptors (Lipinski definition) is 5. The van der Waals surface area contributed by atoms with Crippen molar-refractivity contribution in [1.82, 2.24) is 0 Å². The van der Waals surface area contributed by atoms with Gasteiger partial charge in [0, 0.05) is 12.8 Å². The molecule has 2 aromatic carbocycles. The highest BCUT2D eigenvalue weighted by Crippen LogP contribution is 2.20. The fraction of sp³-hybridized carbons (Fsp3) is 0.364. The molecule has 2 rings (SSSR count). The van der Waals surface area contributed by atoms with Crippen molar-refractivity contribution in [2.45, 2.75) is 51.7 Å². The van der Waals surface area contributed by atoms with Crippen molar-refractivity contribution in [3.63, 3.8) is 0 Å². The van der Waals surface area contributed by atoms with E-state index < -0.39 is 23.5 Å². The van der Waals surface area contributed by atoms with Crippen molar-refractivity contribution in [2.24, 2.45) is 0 Å². The van der Waals surface area contributed by atoms with Crippen LogP contribution in [0.3, 0.4) is 0 Å². The lowest BCUT2D eigenvalue weighted by atomic mass is 9.98. The minimum atomic E-state index is -1.07. The Morgan fingerprint density at radius 3 is 1.33 bits per heavy atom. The normalized spacial score (nSPS) is 11.6. The zero-order valence-electron chi connectivity index (χ0n) is 16.2. The Bertz CT molecular complexity index is 685. The number of carbonyl (C=O) groups is 2. The Labute approximate surface area is 160 Å². The van der Waals surface area contributed by atoms with E-state index >= 15 is 0 Å². The van der Waals surface area contributed by atoms with Crippen LogP contribution in [0.25, 0.3) is 0 Å². The summed E-state index contributed by atoms with van der Waals surface area (Å²) in [5, 5.41) is 0. The van der Waals surface area contributed by atoms with Gasteiger partial charge in [-0.2, -0.15) is 0 Å². The molecule has 0 heterocycles. The topological polar surface area (TPSA) is 61.8 Å². The van der Waals surface area contributed by atoms with Crippen LogP contribution in [0.1, 0.15) is 38.8 Å². The first-order chi connectivity index (χ1) is 12.7. The van der Waals surface area contributed by atoms with E-state index in [4.69, 9.17) is 9.47 Å². The van der Waals surface area contributed by atoms with Crippen LogP contribution in [0.5, 0.6) is 0 Å². The fourth-order valence-electron chi connectivity index (χ4n) is 2.81. The molecule has 0 aliphatic carbocycles. The molecule has 0 fully saturated rings. The molecule has 0 unspecified atom stereocenters. The predicted octanol–water partition coefficient (Wildman–Crippen LogP) is 5.32. The maximum atomic E-state index is 12.0. The standard InChI is InChI=1S/C22H26O5/c1-21(2,15-17-11-7-5-8-12-17)26-19(23)25-20(24)27-22(3,4)16-18-13-9-6-10-14-18/h5-14H,15-16H2,1-4H3. The fourth-order valence-corrected chi connectivity index (χ4v) is 2.81. The molecule has 0 spiro atoms. The van der Waals surface area contributed by atoms with E-state index in [0.717, 1.165) is 11.1 Å². The Morgan fingerprint density at radius 1 is 0.667 bits per heavy atom. The molecule has 0 atom stereocenters. The number of benzene rings is 2. The smallest absolute Gasteiger partial charge is 0.427 e. The third-order valence-corrected chi connectivity index (χ3v) is 3.83. The van der Waals surface area contributed by atoms with Crippen LogP contribution in [-0.4, -0.2) is 23.5 Å². The average molecular weight is 370 g/mol. The van der Waals surface area contributed by atoms with Crippen LogP contribution < -0.4 is 0 Å². The molecule has 0 amide bonds. The van der Waals surface area contributed by atoms with E-state index in [9.17, 15) is 9.59 Å². The van der Waals surface area contributed by atoms with Crippen LogP contribution in [-0.2, 0) is 27.1 Å². The lowest BCUT2D eigenvalue weighted by Gasteiger charge is -2.26. The van der Waals surface area contributed by atoms with Gasteiger partial charge in [-0.1, -0.05) is 60.7 Å². The number of ether oxygens (including phenoxy) is 3. The minimum absolute atomic E-state index is 0.498.